The summed E-state index contributed by atoms with van der Waals surface area (Å²) in [5.41, 5.74) is 0.933. The van der Waals surface area contributed by atoms with Gasteiger partial charge in [-0.1, -0.05) is 0 Å². The third-order valence-electron chi connectivity index (χ3n) is 3.85. The van der Waals surface area contributed by atoms with Gasteiger partial charge in [0.1, 0.15) is 6.10 Å². The molecule has 0 radical (unpaired) electrons. The van der Waals surface area contributed by atoms with Crippen molar-refractivity contribution >= 4 is 27.8 Å². The standard InChI is InChI=1S/C17H16BrN3O4/c1-24-16(23)12-4-2-11(3-5-12)15(22)21-7-6-14(10-21)25-17-19-8-13(18)9-20-17/h2-5,8-9,14H,6-7,10H2,1H3. The van der Waals surface area contributed by atoms with Gasteiger partial charge < -0.3 is 14.4 Å². The first-order valence-corrected chi connectivity index (χ1v) is 8.48. The fourth-order valence-electron chi connectivity index (χ4n) is 2.57. The number of amides is 1. The second-order valence-electron chi connectivity index (χ2n) is 5.53. The normalized spacial score (nSPS) is 16.6. The lowest BCUT2D eigenvalue weighted by atomic mass is 10.1. The van der Waals surface area contributed by atoms with E-state index in [0.717, 1.165) is 4.47 Å². The highest BCUT2D eigenvalue weighted by Gasteiger charge is 2.29. The molecule has 0 spiro atoms. The molecule has 1 aromatic heterocycles. The number of esters is 1. The molecule has 2 heterocycles. The summed E-state index contributed by atoms with van der Waals surface area (Å²) in [5.74, 6) is -0.526. The zero-order valence-corrected chi connectivity index (χ0v) is 15.1. The van der Waals surface area contributed by atoms with Crippen molar-refractivity contribution in [2.24, 2.45) is 0 Å². The van der Waals surface area contributed by atoms with Gasteiger partial charge in [0, 0.05) is 30.9 Å². The topological polar surface area (TPSA) is 81.6 Å². The predicted octanol–water partition coefficient (Wildman–Crippen LogP) is 2.32. The second-order valence-corrected chi connectivity index (χ2v) is 6.45. The molecule has 1 saturated heterocycles. The van der Waals surface area contributed by atoms with Crippen molar-refractivity contribution in [1.29, 1.82) is 0 Å². The van der Waals surface area contributed by atoms with Gasteiger partial charge in [0.15, 0.2) is 0 Å². The molecule has 0 aliphatic carbocycles. The predicted molar refractivity (Wildman–Crippen MR) is 92.5 cm³/mol. The maximum atomic E-state index is 12.6. The fraction of sp³-hybridized carbons (Fsp3) is 0.294. The molecule has 130 valence electrons. The average Bonchev–Trinajstić information content (AvgIpc) is 3.11. The molecule has 0 N–H and O–H groups in total. The van der Waals surface area contributed by atoms with Crippen LogP contribution in [0.5, 0.6) is 6.01 Å². The van der Waals surface area contributed by atoms with Crippen LogP contribution in [0.2, 0.25) is 0 Å². The Morgan fingerprint density at radius 3 is 2.44 bits per heavy atom. The van der Waals surface area contributed by atoms with E-state index in [-0.39, 0.29) is 12.0 Å². The minimum atomic E-state index is -0.428. The molecule has 1 fully saturated rings. The number of likely N-dealkylation sites (tertiary alicyclic amines) is 1. The second kappa shape index (κ2) is 7.60. The molecule has 0 saturated carbocycles. The van der Waals surface area contributed by atoms with Crippen molar-refractivity contribution in [3.63, 3.8) is 0 Å². The summed E-state index contributed by atoms with van der Waals surface area (Å²) >= 11 is 3.27. The summed E-state index contributed by atoms with van der Waals surface area (Å²) < 4.78 is 11.1. The van der Waals surface area contributed by atoms with Crippen LogP contribution in [0.3, 0.4) is 0 Å². The molecule has 3 rings (SSSR count). The number of hydrogen-bond acceptors (Lipinski definition) is 6. The Balaban J connectivity index is 1.60. The lowest BCUT2D eigenvalue weighted by Gasteiger charge is -2.17. The minimum absolute atomic E-state index is 0.0979. The Morgan fingerprint density at radius 1 is 1.16 bits per heavy atom. The van der Waals surface area contributed by atoms with E-state index in [4.69, 9.17) is 4.74 Å². The number of ether oxygens (including phenoxy) is 2. The van der Waals surface area contributed by atoms with Gasteiger partial charge >= 0.3 is 12.0 Å². The van der Waals surface area contributed by atoms with Crippen molar-refractivity contribution in [3.05, 3.63) is 52.3 Å². The van der Waals surface area contributed by atoms with Crippen LogP contribution in [0.4, 0.5) is 0 Å². The molecule has 1 atom stereocenters. The van der Waals surface area contributed by atoms with Crippen LogP contribution >= 0.6 is 15.9 Å². The third-order valence-corrected chi connectivity index (χ3v) is 4.26. The van der Waals surface area contributed by atoms with E-state index in [0.29, 0.717) is 36.6 Å². The van der Waals surface area contributed by atoms with Crippen LogP contribution in [0.15, 0.2) is 41.1 Å². The number of rotatable bonds is 4. The number of hydrogen-bond donors (Lipinski definition) is 0. The van der Waals surface area contributed by atoms with Crippen molar-refractivity contribution < 1.29 is 19.1 Å². The van der Waals surface area contributed by atoms with Crippen LogP contribution in [-0.4, -0.2) is 53.0 Å². The Kier molecular flexibility index (Phi) is 5.28. The Hall–Kier alpha value is -2.48. The van der Waals surface area contributed by atoms with Crippen LogP contribution in [0, 0.1) is 0 Å². The summed E-state index contributed by atoms with van der Waals surface area (Å²) in [6.45, 7) is 1.07. The number of benzene rings is 1. The largest absolute Gasteiger partial charge is 0.465 e. The number of nitrogens with zero attached hydrogens (tertiary/aromatic N) is 3. The zero-order chi connectivity index (χ0) is 17.8. The third kappa shape index (κ3) is 4.14. The molecule has 8 heteroatoms. The van der Waals surface area contributed by atoms with Gasteiger partial charge in [0.25, 0.3) is 5.91 Å². The first kappa shape index (κ1) is 17.3. The van der Waals surface area contributed by atoms with Crippen LogP contribution in [-0.2, 0) is 4.74 Å². The number of carbonyl (C=O) groups excluding carboxylic acids is 2. The number of carbonyl (C=O) groups is 2. The van der Waals surface area contributed by atoms with Crippen molar-refractivity contribution in [1.82, 2.24) is 14.9 Å². The highest BCUT2D eigenvalue weighted by Crippen LogP contribution is 2.18. The van der Waals surface area contributed by atoms with Gasteiger partial charge in [-0.25, -0.2) is 14.8 Å². The van der Waals surface area contributed by atoms with E-state index >= 15 is 0 Å². The van der Waals surface area contributed by atoms with Gasteiger partial charge in [-0.15, -0.1) is 0 Å². The van der Waals surface area contributed by atoms with Gasteiger partial charge in [0.05, 0.1) is 23.7 Å². The monoisotopic (exact) mass is 405 g/mol. The molecule has 1 aliphatic rings. The van der Waals surface area contributed by atoms with Crippen molar-refractivity contribution in [2.45, 2.75) is 12.5 Å². The molecule has 1 aromatic carbocycles. The highest BCUT2D eigenvalue weighted by molar-refractivity contribution is 9.10. The molecular formula is C17H16BrN3O4. The molecule has 1 amide bonds. The van der Waals surface area contributed by atoms with Crippen LogP contribution < -0.4 is 4.74 Å². The molecule has 25 heavy (non-hydrogen) atoms. The lowest BCUT2D eigenvalue weighted by Crippen LogP contribution is -2.31. The van der Waals surface area contributed by atoms with Gasteiger partial charge in [-0.05, 0) is 40.2 Å². The first-order chi connectivity index (χ1) is 12.1. The van der Waals surface area contributed by atoms with Crippen LogP contribution in [0.1, 0.15) is 27.1 Å². The maximum Gasteiger partial charge on any atom is 0.337 e. The average molecular weight is 406 g/mol. The van der Waals surface area contributed by atoms with Gasteiger partial charge in [0.2, 0.25) is 0 Å². The van der Waals surface area contributed by atoms with Gasteiger partial charge in [-0.3, -0.25) is 4.79 Å². The Labute approximate surface area is 153 Å². The summed E-state index contributed by atoms with van der Waals surface area (Å²) in [6, 6.07) is 6.71. The molecule has 1 unspecified atom stereocenters. The fourth-order valence-corrected chi connectivity index (χ4v) is 2.77. The molecule has 1 aliphatic heterocycles. The Bertz CT molecular complexity index is 764. The van der Waals surface area contributed by atoms with Gasteiger partial charge in [-0.2, -0.15) is 0 Å². The summed E-state index contributed by atoms with van der Waals surface area (Å²) in [6.07, 6.45) is 3.80. The summed E-state index contributed by atoms with van der Waals surface area (Å²) in [5, 5.41) is 0. The van der Waals surface area contributed by atoms with E-state index < -0.39 is 5.97 Å². The summed E-state index contributed by atoms with van der Waals surface area (Å²) in [4.78, 5) is 33.9. The minimum Gasteiger partial charge on any atom is -0.465 e. The quantitative estimate of drug-likeness (QED) is 0.725. The zero-order valence-electron chi connectivity index (χ0n) is 13.5. The first-order valence-electron chi connectivity index (χ1n) is 7.68. The Morgan fingerprint density at radius 2 is 1.80 bits per heavy atom. The van der Waals surface area contributed by atoms with E-state index in [1.807, 2.05) is 0 Å². The summed E-state index contributed by atoms with van der Waals surface area (Å²) in [7, 11) is 1.32. The smallest absolute Gasteiger partial charge is 0.337 e. The molecule has 2 aromatic rings. The van der Waals surface area contributed by atoms with E-state index in [1.165, 1.54) is 7.11 Å². The molecular weight excluding hydrogens is 390 g/mol. The van der Waals surface area contributed by atoms with E-state index in [1.54, 1.807) is 41.6 Å². The SMILES string of the molecule is COC(=O)c1ccc(C(=O)N2CCC(Oc3ncc(Br)cn3)C2)cc1. The van der Waals surface area contributed by atoms with Crippen molar-refractivity contribution in [2.75, 3.05) is 20.2 Å². The number of aromatic nitrogens is 2. The van der Waals surface area contributed by atoms with Crippen molar-refractivity contribution in [3.8, 4) is 6.01 Å². The molecule has 0 bridgehead atoms. The maximum absolute atomic E-state index is 12.6. The number of halogens is 1. The van der Waals surface area contributed by atoms with E-state index in [9.17, 15) is 9.59 Å². The highest BCUT2D eigenvalue weighted by atomic mass is 79.9. The van der Waals surface area contributed by atoms with Crippen LogP contribution in [0.25, 0.3) is 0 Å². The molecule has 7 nitrogen and oxygen atoms in total. The van der Waals surface area contributed by atoms with E-state index in [2.05, 4.69) is 30.6 Å². The lowest BCUT2D eigenvalue weighted by molar-refractivity contribution is 0.0600. The number of methoxy groups -OCH3 is 1.